The Bertz CT molecular complexity index is 2750. The fourth-order valence-electron chi connectivity index (χ4n) is 8.27. The van der Waals surface area contributed by atoms with Crippen molar-refractivity contribution < 1.29 is 0 Å². The normalized spacial score (nSPS) is 13.3. The lowest BCUT2D eigenvalue weighted by atomic mass is 9.81. The largest absolute Gasteiger partial charge is 0.310 e. The first-order valence-corrected chi connectivity index (χ1v) is 17.1. The highest BCUT2D eigenvalue weighted by Crippen LogP contribution is 2.52. The van der Waals surface area contributed by atoms with Gasteiger partial charge in [0.15, 0.2) is 0 Å². The molecule has 8 aromatic carbocycles. The number of fused-ring (bicyclic) bond motifs is 8. The van der Waals surface area contributed by atoms with Crippen LogP contribution in [0.3, 0.4) is 0 Å². The van der Waals surface area contributed by atoms with Crippen LogP contribution in [-0.4, -0.2) is 4.57 Å². The molecule has 0 spiro atoms. The average molecular weight is 627 g/mol. The fourth-order valence-corrected chi connectivity index (χ4v) is 8.27. The predicted octanol–water partition coefficient (Wildman–Crippen LogP) is 12.9. The maximum atomic E-state index is 2.44. The summed E-state index contributed by atoms with van der Waals surface area (Å²) in [6.07, 6.45) is 0. The van der Waals surface area contributed by atoms with Crippen molar-refractivity contribution in [1.82, 2.24) is 4.57 Å². The van der Waals surface area contributed by atoms with Crippen LogP contribution in [0.25, 0.3) is 60.2 Å². The Morgan fingerprint density at radius 3 is 1.80 bits per heavy atom. The van der Waals surface area contributed by atoms with E-state index in [1.807, 2.05) is 0 Å². The van der Waals surface area contributed by atoms with Crippen molar-refractivity contribution in [3.05, 3.63) is 181 Å². The van der Waals surface area contributed by atoms with Gasteiger partial charge in [0.2, 0.25) is 0 Å². The van der Waals surface area contributed by atoms with Crippen LogP contribution in [0.2, 0.25) is 0 Å². The minimum absolute atomic E-state index is 0.132. The number of aromatic nitrogens is 1. The molecule has 0 aliphatic heterocycles. The third-order valence-corrected chi connectivity index (χ3v) is 10.7. The second-order valence-electron chi connectivity index (χ2n) is 13.9. The molecule has 9 aromatic rings. The van der Waals surface area contributed by atoms with Crippen molar-refractivity contribution in [1.29, 1.82) is 0 Å². The zero-order valence-electron chi connectivity index (χ0n) is 27.6. The number of nitrogens with zero attached hydrogens (tertiary/aromatic N) is 2. The molecule has 232 valence electrons. The summed E-state index contributed by atoms with van der Waals surface area (Å²) >= 11 is 0. The summed E-state index contributed by atoms with van der Waals surface area (Å²) in [6, 6.07) is 62.5. The number of hydrogen-bond donors (Lipinski definition) is 0. The lowest BCUT2D eigenvalue weighted by molar-refractivity contribution is 0.661. The molecule has 0 unspecified atom stereocenters. The Balaban J connectivity index is 1.20. The van der Waals surface area contributed by atoms with E-state index in [0.717, 1.165) is 17.1 Å². The van der Waals surface area contributed by atoms with Crippen LogP contribution in [0.4, 0.5) is 17.1 Å². The van der Waals surface area contributed by atoms with Gasteiger partial charge in [-0.15, -0.1) is 0 Å². The molecule has 1 aliphatic carbocycles. The third kappa shape index (κ3) is 4.20. The van der Waals surface area contributed by atoms with Gasteiger partial charge in [-0.2, -0.15) is 0 Å². The summed E-state index contributed by atoms with van der Waals surface area (Å²) in [4.78, 5) is 2.44. The van der Waals surface area contributed by atoms with Gasteiger partial charge in [0.1, 0.15) is 0 Å². The maximum absolute atomic E-state index is 2.44. The van der Waals surface area contributed by atoms with E-state index in [2.05, 4.69) is 193 Å². The molecule has 49 heavy (non-hydrogen) atoms. The van der Waals surface area contributed by atoms with Crippen molar-refractivity contribution in [2.75, 3.05) is 4.90 Å². The van der Waals surface area contributed by atoms with E-state index >= 15 is 0 Å². The number of hydrogen-bond acceptors (Lipinski definition) is 1. The van der Waals surface area contributed by atoms with Gasteiger partial charge in [-0.05, 0) is 117 Å². The van der Waals surface area contributed by atoms with Gasteiger partial charge in [0.05, 0.1) is 11.0 Å². The van der Waals surface area contributed by atoms with E-state index < -0.39 is 0 Å². The van der Waals surface area contributed by atoms with Crippen LogP contribution < -0.4 is 4.90 Å². The second-order valence-corrected chi connectivity index (χ2v) is 13.9. The van der Waals surface area contributed by atoms with Crippen molar-refractivity contribution in [3.63, 3.8) is 0 Å². The topological polar surface area (TPSA) is 8.17 Å². The number of benzene rings is 8. The van der Waals surface area contributed by atoms with Crippen LogP contribution in [-0.2, 0) is 5.41 Å². The van der Waals surface area contributed by atoms with Gasteiger partial charge in [-0.1, -0.05) is 111 Å². The summed E-state index contributed by atoms with van der Waals surface area (Å²) in [5, 5.41) is 7.54. The molecule has 0 N–H and O–H groups in total. The molecule has 0 saturated heterocycles. The first-order chi connectivity index (χ1) is 24.0. The Morgan fingerprint density at radius 2 is 0.980 bits per heavy atom. The van der Waals surface area contributed by atoms with Gasteiger partial charge < -0.3 is 9.47 Å². The average Bonchev–Trinajstić information content (AvgIpc) is 3.59. The van der Waals surface area contributed by atoms with Gasteiger partial charge >= 0.3 is 0 Å². The Morgan fingerprint density at radius 1 is 0.408 bits per heavy atom. The lowest BCUT2D eigenvalue weighted by Gasteiger charge is -2.28. The van der Waals surface area contributed by atoms with E-state index in [4.69, 9.17) is 0 Å². The van der Waals surface area contributed by atoms with Crippen LogP contribution in [0, 0.1) is 0 Å². The minimum atomic E-state index is -0.132. The first-order valence-electron chi connectivity index (χ1n) is 17.1. The molecule has 2 heteroatoms. The molecule has 1 heterocycles. The number of rotatable bonds is 4. The van der Waals surface area contributed by atoms with Crippen molar-refractivity contribution in [3.8, 4) is 16.8 Å². The summed E-state index contributed by atoms with van der Waals surface area (Å²) in [6.45, 7) is 4.75. The van der Waals surface area contributed by atoms with Crippen LogP contribution >= 0.6 is 0 Å². The van der Waals surface area contributed by atoms with Gasteiger partial charge in [-0.25, -0.2) is 0 Å². The van der Waals surface area contributed by atoms with E-state index in [0.29, 0.717) is 0 Å². The lowest BCUT2D eigenvalue weighted by Crippen LogP contribution is -2.16. The quantitative estimate of drug-likeness (QED) is 0.189. The highest BCUT2D eigenvalue weighted by molar-refractivity contribution is 6.11. The molecule has 2 nitrogen and oxygen atoms in total. The predicted molar refractivity (Wildman–Crippen MR) is 208 cm³/mol. The zero-order valence-corrected chi connectivity index (χ0v) is 27.6. The molecule has 1 aromatic heterocycles. The molecule has 1 aliphatic rings. The molecular formula is C47H34N2. The molecule has 0 amide bonds. The first kappa shape index (κ1) is 27.9. The van der Waals surface area contributed by atoms with E-state index in [-0.39, 0.29) is 5.41 Å². The maximum Gasteiger partial charge on any atom is 0.0542 e. The van der Waals surface area contributed by atoms with Crippen LogP contribution in [0.1, 0.15) is 25.0 Å². The summed E-state index contributed by atoms with van der Waals surface area (Å²) < 4.78 is 2.38. The van der Waals surface area contributed by atoms with Crippen molar-refractivity contribution >= 4 is 60.4 Å². The molecule has 10 rings (SSSR count). The van der Waals surface area contributed by atoms with Crippen molar-refractivity contribution in [2.45, 2.75) is 19.3 Å². The Hall–Kier alpha value is -6.12. The molecule has 0 saturated carbocycles. The summed E-state index contributed by atoms with van der Waals surface area (Å²) in [5.41, 5.74) is 12.3. The van der Waals surface area contributed by atoms with Gasteiger partial charge in [-0.3, -0.25) is 0 Å². The minimum Gasteiger partial charge on any atom is -0.310 e. The zero-order chi connectivity index (χ0) is 32.7. The number of para-hydroxylation sites is 2. The summed E-state index contributed by atoms with van der Waals surface area (Å²) in [5.74, 6) is 0. The van der Waals surface area contributed by atoms with E-state index in [1.54, 1.807) is 0 Å². The molecule has 0 radical (unpaired) electrons. The van der Waals surface area contributed by atoms with Crippen LogP contribution in [0.5, 0.6) is 0 Å². The monoisotopic (exact) mass is 626 g/mol. The standard InChI is InChI=1S/C47H34N2/c1-47(2)43-28-34-15-9-8-14-33(34)27-41(43)39-24-22-38(30-44(39)47)48(36-21-20-31-12-6-7-13-32(31)26-36)37-23-25-46-42(29-37)40-18-10-11-19-45(40)49(46)35-16-4-3-5-17-35/h3-30H,1-2H3. The number of anilines is 3. The van der Waals surface area contributed by atoms with Crippen LogP contribution in [0.15, 0.2) is 170 Å². The van der Waals surface area contributed by atoms with Crippen molar-refractivity contribution in [2.24, 2.45) is 0 Å². The summed E-state index contributed by atoms with van der Waals surface area (Å²) in [7, 11) is 0. The Labute approximate surface area is 286 Å². The SMILES string of the molecule is CC1(C)c2cc(N(c3ccc4ccccc4c3)c3ccc4c(c3)c3ccccc3n4-c3ccccc3)ccc2-c2cc3ccccc3cc21. The van der Waals surface area contributed by atoms with Gasteiger partial charge in [0.25, 0.3) is 0 Å². The molecular weight excluding hydrogens is 593 g/mol. The highest BCUT2D eigenvalue weighted by Gasteiger charge is 2.36. The fraction of sp³-hybridized carbons (Fsp3) is 0.0638. The molecule has 0 atom stereocenters. The highest BCUT2D eigenvalue weighted by atomic mass is 15.1. The smallest absolute Gasteiger partial charge is 0.0542 e. The third-order valence-electron chi connectivity index (χ3n) is 10.7. The molecule has 0 fully saturated rings. The second kappa shape index (κ2) is 10.4. The Kier molecular flexibility index (Phi) is 5.95. The van der Waals surface area contributed by atoms with Gasteiger partial charge in [0, 0.05) is 38.9 Å². The van der Waals surface area contributed by atoms with E-state index in [1.165, 1.54) is 71.3 Å². The molecule has 0 bridgehead atoms. The van der Waals surface area contributed by atoms with E-state index in [9.17, 15) is 0 Å².